The van der Waals surface area contributed by atoms with Crippen LogP contribution < -0.4 is 0 Å². The van der Waals surface area contributed by atoms with Crippen molar-refractivity contribution in [3.63, 3.8) is 0 Å². The van der Waals surface area contributed by atoms with Gasteiger partial charge in [0.05, 0.1) is 5.02 Å². The summed E-state index contributed by atoms with van der Waals surface area (Å²) in [6, 6.07) is 12.4. The number of hydrogen-bond donors (Lipinski definition) is 1. The van der Waals surface area contributed by atoms with Gasteiger partial charge in [0.2, 0.25) is 0 Å². The van der Waals surface area contributed by atoms with Crippen LogP contribution in [0.25, 0.3) is 17.1 Å². The quantitative estimate of drug-likeness (QED) is 0.635. The average molecular weight is 412 g/mol. The van der Waals surface area contributed by atoms with Crippen LogP contribution in [-0.2, 0) is 0 Å². The highest BCUT2D eigenvalue weighted by Gasteiger charge is 2.18. The molecular formula is C16H9BrCl2N2O2. The van der Waals surface area contributed by atoms with Crippen molar-refractivity contribution >= 4 is 45.1 Å². The molecule has 0 amide bonds. The molecule has 7 heteroatoms. The van der Waals surface area contributed by atoms with E-state index in [1.165, 1.54) is 6.20 Å². The number of halogens is 3. The van der Waals surface area contributed by atoms with E-state index >= 15 is 0 Å². The molecule has 1 N–H and O–H groups in total. The van der Waals surface area contributed by atoms with Gasteiger partial charge in [0.1, 0.15) is 5.82 Å². The first-order valence-electron chi connectivity index (χ1n) is 6.50. The molecular weight excluding hydrogens is 403 g/mol. The SMILES string of the molecule is O=C(O)c1cn(-c2ccc(Br)cc2)c(-c2ccc(Cl)cc2Cl)n1. The summed E-state index contributed by atoms with van der Waals surface area (Å²) in [6.07, 6.45) is 1.46. The van der Waals surface area contributed by atoms with E-state index in [0.717, 1.165) is 10.2 Å². The molecule has 3 aromatic rings. The van der Waals surface area contributed by atoms with Gasteiger partial charge in [0.25, 0.3) is 0 Å². The van der Waals surface area contributed by atoms with Crippen LogP contribution in [-0.4, -0.2) is 20.6 Å². The summed E-state index contributed by atoms with van der Waals surface area (Å²) in [5, 5.41) is 10.1. The van der Waals surface area contributed by atoms with Crippen molar-refractivity contribution in [3.05, 3.63) is 68.9 Å². The predicted octanol–water partition coefficient (Wildman–Crippen LogP) is 5.31. The van der Waals surface area contributed by atoms with E-state index in [1.54, 1.807) is 22.8 Å². The molecule has 0 fully saturated rings. The third kappa shape index (κ3) is 3.27. The Morgan fingerprint density at radius 2 is 1.83 bits per heavy atom. The first-order chi connectivity index (χ1) is 11.0. The van der Waals surface area contributed by atoms with Crippen LogP contribution >= 0.6 is 39.1 Å². The number of carboxylic acid groups (broad SMARTS) is 1. The number of carbonyl (C=O) groups is 1. The summed E-state index contributed by atoms with van der Waals surface area (Å²) in [5.41, 5.74) is 1.31. The van der Waals surface area contributed by atoms with Crippen molar-refractivity contribution in [1.82, 2.24) is 9.55 Å². The second kappa shape index (κ2) is 6.35. The molecule has 1 heterocycles. The number of aromatic carboxylic acids is 1. The van der Waals surface area contributed by atoms with E-state index in [9.17, 15) is 9.90 Å². The Labute approximate surface area is 150 Å². The highest BCUT2D eigenvalue weighted by atomic mass is 79.9. The molecule has 0 unspecified atom stereocenters. The van der Waals surface area contributed by atoms with Crippen LogP contribution in [0.1, 0.15) is 10.5 Å². The van der Waals surface area contributed by atoms with Crippen LogP contribution in [0, 0.1) is 0 Å². The van der Waals surface area contributed by atoms with E-state index in [1.807, 2.05) is 24.3 Å². The Kier molecular flexibility index (Phi) is 4.43. The number of hydrogen-bond acceptors (Lipinski definition) is 2. The van der Waals surface area contributed by atoms with E-state index in [0.29, 0.717) is 21.4 Å². The zero-order valence-electron chi connectivity index (χ0n) is 11.5. The summed E-state index contributed by atoms with van der Waals surface area (Å²) in [7, 11) is 0. The Balaban J connectivity index is 2.22. The van der Waals surface area contributed by atoms with Gasteiger partial charge in [0, 0.05) is 26.9 Å². The predicted molar refractivity (Wildman–Crippen MR) is 93.7 cm³/mol. The van der Waals surface area contributed by atoms with Crippen molar-refractivity contribution in [1.29, 1.82) is 0 Å². The summed E-state index contributed by atoms with van der Waals surface area (Å²) < 4.78 is 2.61. The molecule has 0 atom stereocenters. The summed E-state index contributed by atoms with van der Waals surface area (Å²) in [4.78, 5) is 15.5. The number of carboxylic acids is 1. The Hall–Kier alpha value is -1.82. The molecule has 0 saturated heterocycles. The minimum Gasteiger partial charge on any atom is -0.476 e. The molecule has 0 aliphatic rings. The van der Waals surface area contributed by atoms with Crippen molar-refractivity contribution in [2.75, 3.05) is 0 Å². The maximum atomic E-state index is 11.3. The number of rotatable bonds is 3. The van der Waals surface area contributed by atoms with Crippen molar-refractivity contribution in [2.45, 2.75) is 0 Å². The Bertz CT molecular complexity index is 892. The summed E-state index contributed by atoms with van der Waals surface area (Å²) in [6.45, 7) is 0. The molecule has 0 aliphatic heterocycles. The smallest absolute Gasteiger partial charge is 0.356 e. The molecule has 0 bridgehead atoms. The lowest BCUT2D eigenvalue weighted by molar-refractivity contribution is 0.0691. The van der Waals surface area contributed by atoms with E-state index in [2.05, 4.69) is 20.9 Å². The van der Waals surface area contributed by atoms with Gasteiger partial charge in [-0.15, -0.1) is 0 Å². The molecule has 3 rings (SSSR count). The van der Waals surface area contributed by atoms with Gasteiger partial charge in [0.15, 0.2) is 5.69 Å². The molecule has 0 spiro atoms. The second-order valence-corrected chi connectivity index (χ2v) is 6.48. The Morgan fingerprint density at radius 1 is 1.13 bits per heavy atom. The fraction of sp³-hybridized carbons (Fsp3) is 0. The molecule has 1 aromatic heterocycles. The van der Waals surface area contributed by atoms with Crippen molar-refractivity contribution in [2.24, 2.45) is 0 Å². The first kappa shape index (κ1) is 16.1. The maximum absolute atomic E-state index is 11.3. The molecule has 116 valence electrons. The van der Waals surface area contributed by atoms with Gasteiger partial charge in [-0.1, -0.05) is 39.1 Å². The van der Waals surface area contributed by atoms with Gasteiger partial charge in [-0.25, -0.2) is 9.78 Å². The van der Waals surface area contributed by atoms with E-state index in [4.69, 9.17) is 23.2 Å². The van der Waals surface area contributed by atoms with Crippen LogP contribution in [0.5, 0.6) is 0 Å². The minimum absolute atomic E-state index is 0.0612. The molecule has 0 radical (unpaired) electrons. The fourth-order valence-corrected chi connectivity index (χ4v) is 2.90. The zero-order chi connectivity index (χ0) is 16.6. The standard InChI is InChI=1S/C16H9BrCl2N2O2/c17-9-1-4-11(5-2-9)21-8-14(16(22)23)20-15(21)12-6-3-10(18)7-13(12)19/h1-8H,(H,22,23). The molecule has 23 heavy (non-hydrogen) atoms. The number of nitrogens with zero attached hydrogens (tertiary/aromatic N) is 2. The van der Waals surface area contributed by atoms with Crippen molar-refractivity contribution < 1.29 is 9.90 Å². The van der Waals surface area contributed by atoms with Crippen molar-refractivity contribution in [3.8, 4) is 17.1 Å². The summed E-state index contributed by atoms with van der Waals surface area (Å²) >= 11 is 15.5. The molecule has 4 nitrogen and oxygen atoms in total. The van der Waals surface area contributed by atoms with Gasteiger partial charge >= 0.3 is 5.97 Å². The summed E-state index contributed by atoms with van der Waals surface area (Å²) in [5.74, 6) is -0.668. The molecule has 0 saturated carbocycles. The lowest BCUT2D eigenvalue weighted by atomic mass is 10.2. The lowest BCUT2D eigenvalue weighted by Gasteiger charge is -2.09. The zero-order valence-corrected chi connectivity index (χ0v) is 14.6. The van der Waals surface area contributed by atoms with Crippen LogP contribution in [0.4, 0.5) is 0 Å². The topological polar surface area (TPSA) is 55.1 Å². The lowest BCUT2D eigenvalue weighted by Crippen LogP contribution is -1.96. The highest BCUT2D eigenvalue weighted by molar-refractivity contribution is 9.10. The van der Waals surface area contributed by atoms with Gasteiger partial charge in [-0.05, 0) is 42.5 Å². The van der Waals surface area contributed by atoms with Gasteiger partial charge < -0.3 is 5.11 Å². The highest BCUT2D eigenvalue weighted by Crippen LogP contribution is 2.31. The minimum atomic E-state index is -1.10. The van der Waals surface area contributed by atoms with E-state index in [-0.39, 0.29) is 5.69 Å². The first-order valence-corrected chi connectivity index (χ1v) is 8.04. The van der Waals surface area contributed by atoms with Gasteiger partial charge in [-0.3, -0.25) is 4.57 Å². The van der Waals surface area contributed by atoms with Gasteiger partial charge in [-0.2, -0.15) is 0 Å². The van der Waals surface area contributed by atoms with E-state index < -0.39 is 5.97 Å². The normalized spacial score (nSPS) is 10.7. The fourth-order valence-electron chi connectivity index (χ4n) is 2.14. The monoisotopic (exact) mass is 410 g/mol. The second-order valence-electron chi connectivity index (χ2n) is 4.73. The number of aromatic nitrogens is 2. The van der Waals surface area contributed by atoms with Crippen LogP contribution in [0.3, 0.4) is 0 Å². The van der Waals surface area contributed by atoms with Crippen LogP contribution in [0.2, 0.25) is 10.0 Å². The number of imidazole rings is 1. The third-order valence-corrected chi connectivity index (χ3v) is 4.28. The Morgan fingerprint density at radius 3 is 2.43 bits per heavy atom. The largest absolute Gasteiger partial charge is 0.476 e. The van der Waals surface area contributed by atoms with Crippen LogP contribution in [0.15, 0.2) is 53.1 Å². The molecule has 0 aliphatic carbocycles. The third-order valence-electron chi connectivity index (χ3n) is 3.20. The number of benzene rings is 2. The maximum Gasteiger partial charge on any atom is 0.356 e. The average Bonchev–Trinajstić information content (AvgIpc) is 2.93. The molecule has 2 aromatic carbocycles.